The van der Waals surface area contributed by atoms with Gasteiger partial charge in [-0.3, -0.25) is 4.79 Å². The van der Waals surface area contributed by atoms with Gasteiger partial charge in [0.25, 0.3) is 0 Å². The van der Waals surface area contributed by atoms with E-state index in [0.717, 1.165) is 12.1 Å². The fourth-order valence-corrected chi connectivity index (χ4v) is 2.30. The second-order valence-electron chi connectivity index (χ2n) is 4.56. The van der Waals surface area contributed by atoms with Crippen molar-refractivity contribution in [1.29, 1.82) is 0 Å². The number of halogens is 2. The van der Waals surface area contributed by atoms with Gasteiger partial charge in [-0.2, -0.15) is 8.78 Å². The smallest absolute Gasteiger partial charge is 0.371 e. The summed E-state index contributed by atoms with van der Waals surface area (Å²) in [6, 6.07) is 2.25. The molecule has 0 amide bonds. The zero-order valence-electron chi connectivity index (χ0n) is 11.2. The number of hydrogen-bond acceptors (Lipinski definition) is 4. The minimum absolute atomic E-state index is 0.0686. The Bertz CT molecular complexity index is 671. The Balaban J connectivity index is 3.29. The van der Waals surface area contributed by atoms with Crippen LogP contribution in [0.3, 0.4) is 0 Å². The number of rotatable bonds is 6. The predicted octanol–water partition coefficient (Wildman–Crippen LogP) is 1.38. The van der Waals surface area contributed by atoms with Crippen LogP contribution < -0.4 is 5.73 Å². The van der Waals surface area contributed by atoms with Gasteiger partial charge >= 0.3 is 11.2 Å². The van der Waals surface area contributed by atoms with Crippen LogP contribution in [0, 0.1) is 0 Å². The van der Waals surface area contributed by atoms with Gasteiger partial charge in [0.1, 0.15) is 6.04 Å². The van der Waals surface area contributed by atoms with E-state index in [2.05, 4.69) is 6.58 Å². The molecule has 3 N–H and O–H groups in total. The number of benzene rings is 1. The van der Waals surface area contributed by atoms with Crippen LogP contribution in [0.15, 0.2) is 24.8 Å². The molecule has 0 aromatic heterocycles. The third-order valence-electron chi connectivity index (χ3n) is 2.89. The van der Waals surface area contributed by atoms with E-state index in [1.165, 1.54) is 12.1 Å². The average molecular weight is 319 g/mol. The first-order chi connectivity index (χ1) is 9.50. The van der Waals surface area contributed by atoms with Crippen LogP contribution >= 0.6 is 0 Å². The van der Waals surface area contributed by atoms with Crippen molar-refractivity contribution in [2.24, 2.45) is 5.73 Å². The van der Waals surface area contributed by atoms with Gasteiger partial charge in [-0.05, 0) is 17.5 Å². The Morgan fingerprint density at radius 3 is 2.52 bits per heavy atom. The number of hydrogen-bond donors (Lipinski definition) is 2. The molecule has 0 fully saturated rings. The van der Waals surface area contributed by atoms with Crippen molar-refractivity contribution in [3.63, 3.8) is 0 Å². The standard InChI is InChI=1S/C13H15F2NO4S/c1-3-9-6-8(7-11(16)12(17)18)4-5-10(9)13(14,15)21(2,19)20/h3-6,11H,1,7,16H2,2H3,(H,17,18). The molecule has 0 aliphatic rings. The number of carboxylic acids is 1. The molecule has 0 aliphatic carbocycles. The molecule has 1 aromatic carbocycles. The summed E-state index contributed by atoms with van der Waals surface area (Å²) in [5, 5.41) is 4.66. The highest BCUT2D eigenvalue weighted by Gasteiger charge is 2.44. The maximum Gasteiger partial charge on any atom is 0.371 e. The van der Waals surface area contributed by atoms with Crippen molar-refractivity contribution in [1.82, 2.24) is 0 Å². The maximum absolute atomic E-state index is 13.9. The number of aliphatic carboxylic acids is 1. The van der Waals surface area contributed by atoms with Gasteiger partial charge < -0.3 is 10.8 Å². The van der Waals surface area contributed by atoms with Gasteiger partial charge in [-0.25, -0.2) is 8.42 Å². The summed E-state index contributed by atoms with van der Waals surface area (Å²) in [4.78, 5) is 10.7. The van der Waals surface area contributed by atoms with E-state index in [-0.39, 0.29) is 12.0 Å². The normalized spacial score (nSPS) is 13.7. The number of carbonyl (C=O) groups is 1. The summed E-state index contributed by atoms with van der Waals surface area (Å²) in [5.74, 6) is -1.22. The molecule has 1 rings (SSSR count). The van der Waals surface area contributed by atoms with Crippen molar-refractivity contribution in [2.45, 2.75) is 17.7 Å². The molecule has 0 bridgehead atoms. The van der Waals surface area contributed by atoms with Gasteiger partial charge in [0.15, 0.2) is 0 Å². The van der Waals surface area contributed by atoms with Crippen molar-refractivity contribution < 1.29 is 27.1 Å². The van der Waals surface area contributed by atoms with Crippen LogP contribution in [-0.4, -0.2) is 31.8 Å². The Hall–Kier alpha value is -1.80. The third kappa shape index (κ3) is 3.64. The lowest BCUT2D eigenvalue weighted by atomic mass is 9.99. The van der Waals surface area contributed by atoms with Gasteiger partial charge in [0.05, 0.1) is 0 Å². The van der Waals surface area contributed by atoms with Gasteiger partial charge in [0.2, 0.25) is 9.84 Å². The van der Waals surface area contributed by atoms with Crippen molar-refractivity contribution in [2.75, 3.05) is 6.26 Å². The molecule has 0 heterocycles. The topological polar surface area (TPSA) is 97.5 Å². The van der Waals surface area contributed by atoms with E-state index in [1.54, 1.807) is 0 Å². The molecule has 116 valence electrons. The Labute approximate surface area is 121 Å². The van der Waals surface area contributed by atoms with Crippen LogP contribution in [0.25, 0.3) is 6.08 Å². The third-order valence-corrected chi connectivity index (χ3v) is 4.04. The molecule has 0 saturated heterocycles. The monoisotopic (exact) mass is 319 g/mol. The number of alkyl halides is 2. The summed E-state index contributed by atoms with van der Waals surface area (Å²) in [5.41, 5.74) is 4.98. The molecule has 0 aliphatic heterocycles. The lowest BCUT2D eigenvalue weighted by Crippen LogP contribution is -2.32. The molecular weight excluding hydrogens is 304 g/mol. The van der Waals surface area contributed by atoms with E-state index in [4.69, 9.17) is 10.8 Å². The molecule has 21 heavy (non-hydrogen) atoms. The SMILES string of the molecule is C=Cc1cc(CC(N)C(=O)O)ccc1C(F)(F)S(C)(=O)=O. The van der Waals surface area contributed by atoms with Crippen LogP contribution in [0.2, 0.25) is 0 Å². The van der Waals surface area contributed by atoms with Crippen LogP contribution in [0.1, 0.15) is 16.7 Å². The van der Waals surface area contributed by atoms with Gasteiger partial charge in [0, 0.05) is 11.8 Å². The predicted molar refractivity (Wildman–Crippen MR) is 74.6 cm³/mol. The minimum atomic E-state index is -4.64. The van der Waals surface area contributed by atoms with E-state index in [9.17, 15) is 22.0 Å². The summed E-state index contributed by atoms with van der Waals surface area (Å²) in [6.45, 7) is 3.37. The highest BCUT2D eigenvalue weighted by Crippen LogP contribution is 2.36. The fourth-order valence-electron chi connectivity index (χ4n) is 1.71. The first-order valence-corrected chi connectivity index (χ1v) is 7.71. The van der Waals surface area contributed by atoms with E-state index >= 15 is 0 Å². The summed E-state index contributed by atoms with van der Waals surface area (Å²) in [7, 11) is -4.64. The van der Waals surface area contributed by atoms with Crippen molar-refractivity contribution in [3.05, 3.63) is 41.5 Å². The maximum atomic E-state index is 13.9. The van der Waals surface area contributed by atoms with Gasteiger partial charge in [-0.15, -0.1) is 0 Å². The van der Waals surface area contributed by atoms with Gasteiger partial charge in [-0.1, -0.05) is 30.9 Å². The highest BCUT2D eigenvalue weighted by atomic mass is 32.2. The highest BCUT2D eigenvalue weighted by molar-refractivity contribution is 7.91. The molecule has 1 aromatic rings. The number of carboxylic acid groups (broad SMARTS) is 1. The molecule has 0 saturated carbocycles. The minimum Gasteiger partial charge on any atom is -0.480 e. The first kappa shape index (κ1) is 17.3. The van der Waals surface area contributed by atoms with Crippen molar-refractivity contribution in [3.8, 4) is 0 Å². The molecular formula is C13H15F2NO4S. The Morgan fingerprint density at radius 1 is 1.52 bits per heavy atom. The Morgan fingerprint density at radius 2 is 2.10 bits per heavy atom. The second kappa shape index (κ2) is 5.90. The first-order valence-electron chi connectivity index (χ1n) is 5.82. The molecule has 8 heteroatoms. The molecule has 0 radical (unpaired) electrons. The van der Waals surface area contributed by atoms with E-state index in [1.807, 2.05) is 0 Å². The lowest BCUT2D eigenvalue weighted by molar-refractivity contribution is -0.138. The van der Waals surface area contributed by atoms with Crippen LogP contribution in [0.5, 0.6) is 0 Å². The Kier molecular flexibility index (Phi) is 4.85. The molecule has 1 atom stereocenters. The summed E-state index contributed by atoms with van der Waals surface area (Å²) < 4.78 is 50.1. The van der Waals surface area contributed by atoms with Crippen LogP contribution in [0.4, 0.5) is 8.78 Å². The lowest BCUT2D eigenvalue weighted by Gasteiger charge is -2.18. The largest absolute Gasteiger partial charge is 0.480 e. The number of sulfone groups is 1. The van der Waals surface area contributed by atoms with E-state index in [0.29, 0.717) is 11.8 Å². The summed E-state index contributed by atoms with van der Waals surface area (Å²) in [6.07, 6.45) is 1.46. The number of nitrogens with two attached hydrogens (primary N) is 1. The molecule has 0 spiro atoms. The average Bonchev–Trinajstić information content (AvgIpc) is 2.36. The zero-order chi connectivity index (χ0) is 16.4. The van der Waals surface area contributed by atoms with Crippen molar-refractivity contribution >= 4 is 21.9 Å². The second-order valence-corrected chi connectivity index (χ2v) is 6.62. The summed E-state index contributed by atoms with van der Waals surface area (Å²) >= 11 is 0. The molecule has 5 nitrogen and oxygen atoms in total. The van der Waals surface area contributed by atoms with Crippen LogP contribution in [-0.2, 0) is 26.3 Å². The zero-order valence-corrected chi connectivity index (χ0v) is 12.0. The van der Waals surface area contributed by atoms with E-state index < -0.39 is 32.7 Å². The molecule has 1 unspecified atom stereocenters. The quantitative estimate of drug-likeness (QED) is 0.825. The fraction of sp³-hybridized carbons (Fsp3) is 0.308.